The molecule has 0 aliphatic heterocycles. The summed E-state index contributed by atoms with van der Waals surface area (Å²) in [6.07, 6.45) is -1.80. The molecule has 1 saturated carbocycles. The summed E-state index contributed by atoms with van der Waals surface area (Å²) in [7, 11) is 0. The number of halogens is 3. The summed E-state index contributed by atoms with van der Waals surface area (Å²) in [5.41, 5.74) is 0. The first-order valence-corrected chi connectivity index (χ1v) is 6.28. The molecular formula is C12H15F3N2O2. The number of nitrogens with zero attached hydrogens (tertiary/aromatic N) is 2. The number of aromatic nitrogens is 2. The van der Waals surface area contributed by atoms with Crippen molar-refractivity contribution in [2.45, 2.75) is 51.1 Å². The van der Waals surface area contributed by atoms with E-state index in [0.29, 0.717) is 11.7 Å². The van der Waals surface area contributed by atoms with Crippen molar-refractivity contribution < 1.29 is 22.5 Å². The maximum Gasteiger partial charge on any atom is 0.450 e. The second kappa shape index (κ2) is 5.30. The number of Topliss-reactive ketones (excluding diaryl/α,β-unsaturated/α-hetero) is 1. The van der Waals surface area contributed by atoms with E-state index in [0.717, 1.165) is 25.7 Å². The Morgan fingerprint density at radius 3 is 2.53 bits per heavy atom. The second-order valence-corrected chi connectivity index (χ2v) is 5.10. The Hall–Kier alpha value is -1.40. The van der Waals surface area contributed by atoms with E-state index in [1.54, 1.807) is 0 Å². The van der Waals surface area contributed by atoms with Gasteiger partial charge in [-0.15, -0.1) is 0 Å². The van der Waals surface area contributed by atoms with Crippen LogP contribution in [-0.2, 0) is 11.2 Å². The van der Waals surface area contributed by atoms with Gasteiger partial charge in [0.25, 0.3) is 0 Å². The molecule has 19 heavy (non-hydrogen) atoms. The van der Waals surface area contributed by atoms with Crippen molar-refractivity contribution in [3.63, 3.8) is 0 Å². The van der Waals surface area contributed by atoms with E-state index in [1.165, 1.54) is 0 Å². The number of rotatable bonds is 3. The number of carbonyl (C=O) groups excluding carboxylic acids is 1. The molecule has 0 atom stereocenters. The van der Waals surface area contributed by atoms with Gasteiger partial charge < -0.3 is 4.52 Å². The van der Waals surface area contributed by atoms with E-state index < -0.39 is 18.4 Å². The first kappa shape index (κ1) is 14.0. The van der Waals surface area contributed by atoms with Gasteiger partial charge in [-0.25, -0.2) is 0 Å². The van der Waals surface area contributed by atoms with E-state index in [2.05, 4.69) is 17.1 Å². The topological polar surface area (TPSA) is 56.0 Å². The van der Waals surface area contributed by atoms with Gasteiger partial charge in [-0.2, -0.15) is 18.2 Å². The predicted molar refractivity (Wildman–Crippen MR) is 59.4 cm³/mol. The van der Waals surface area contributed by atoms with Gasteiger partial charge in [0.1, 0.15) is 0 Å². The highest BCUT2D eigenvalue weighted by molar-refractivity contribution is 5.85. The molecule has 0 spiro atoms. The lowest BCUT2D eigenvalue weighted by atomic mass is 9.83. The van der Waals surface area contributed by atoms with Crippen LogP contribution in [0.3, 0.4) is 0 Å². The van der Waals surface area contributed by atoms with Crippen LogP contribution in [0, 0.1) is 5.92 Å². The summed E-state index contributed by atoms with van der Waals surface area (Å²) in [6, 6.07) is 0. The molecule has 7 heteroatoms. The van der Waals surface area contributed by atoms with Crippen molar-refractivity contribution in [2.24, 2.45) is 5.92 Å². The van der Waals surface area contributed by atoms with Gasteiger partial charge in [0, 0.05) is 5.92 Å². The van der Waals surface area contributed by atoms with Crippen LogP contribution in [0.15, 0.2) is 4.52 Å². The SMILES string of the molecule is CC1CCC(c2noc(CC(=O)C(F)(F)F)n2)CC1. The number of hydrogen-bond donors (Lipinski definition) is 0. The van der Waals surface area contributed by atoms with Crippen LogP contribution < -0.4 is 0 Å². The summed E-state index contributed by atoms with van der Waals surface area (Å²) in [5.74, 6) is -0.892. The average molecular weight is 276 g/mol. The first-order valence-electron chi connectivity index (χ1n) is 6.28. The molecule has 1 fully saturated rings. The third-order valence-corrected chi connectivity index (χ3v) is 3.49. The Morgan fingerprint density at radius 2 is 1.95 bits per heavy atom. The van der Waals surface area contributed by atoms with Crippen LogP contribution in [-0.4, -0.2) is 22.1 Å². The molecule has 0 saturated heterocycles. The average Bonchev–Trinajstić information content (AvgIpc) is 2.77. The molecule has 1 aromatic heterocycles. The largest absolute Gasteiger partial charge is 0.450 e. The minimum atomic E-state index is -4.85. The van der Waals surface area contributed by atoms with Crippen LogP contribution in [0.5, 0.6) is 0 Å². The Balaban J connectivity index is 1.97. The van der Waals surface area contributed by atoms with Crippen LogP contribution in [0.1, 0.15) is 50.2 Å². The van der Waals surface area contributed by atoms with Crippen LogP contribution in [0.2, 0.25) is 0 Å². The van der Waals surface area contributed by atoms with Crippen molar-refractivity contribution in [1.82, 2.24) is 10.1 Å². The first-order chi connectivity index (χ1) is 8.86. The maximum atomic E-state index is 12.1. The van der Waals surface area contributed by atoms with Gasteiger partial charge in [-0.3, -0.25) is 4.79 Å². The number of alkyl halides is 3. The zero-order valence-electron chi connectivity index (χ0n) is 10.5. The zero-order chi connectivity index (χ0) is 14.0. The molecule has 2 rings (SSSR count). The number of ketones is 1. The molecular weight excluding hydrogens is 261 g/mol. The van der Waals surface area contributed by atoms with E-state index >= 15 is 0 Å². The quantitative estimate of drug-likeness (QED) is 0.851. The Morgan fingerprint density at radius 1 is 1.32 bits per heavy atom. The van der Waals surface area contributed by atoms with Gasteiger partial charge in [0.15, 0.2) is 5.82 Å². The summed E-state index contributed by atoms with van der Waals surface area (Å²) >= 11 is 0. The molecule has 0 amide bonds. The van der Waals surface area contributed by atoms with Crippen molar-refractivity contribution in [2.75, 3.05) is 0 Å². The van der Waals surface area contributed by atoms with Gasteiger partial charge in [0.05, 0.1) is 6.42 Å². The van der Waals surface area contributed by atoms with E-state index in [4.69, 9.17) is 4.52 Å². The Labute approximate surface area is 108 Å². The van der Waals surface area contributed by atoms with Crippen molar-refractivity contribution in [3.05, 3.63) is 11.7 Å². The van der Waals surface area contributed by atoms with Crippen molar-refractivity contribution in [3.8, 4) is 0 Å². The molecule has 1 aromatic rings. The minimum Gasteiger partial charge on any atom is -0.339 e. The Bertz CT molecular complexity index is 448. The van der Waals surface area contributed by atoms with Crippen LogP contribution >= 0.6 is 0 Å². The molecule has 1 aliphatic carbocycles. The summed E-state index contributed by atoms with van der Waals surface area (Å²) < 4.78 is 41.0. The fraction of sp³-hybridized carbons (Fsp3) is 0.750. The van der Waals surface area contributed by atoms with Gasteiger partial charge in [0.2, 0.25) is 11.7 Å². The van der Waals surface area contributed by atoms with Crippen molar-refractivity contribution in [1.29, 1.82) is 0 Å². The summed E-state index contributed by atoms with van der Waals surface area (Å²) in [6.45, 7) is 2.17. The number of hydrogen-bond acceptors (Lipinski definition) is 4. The third-order valence-electron chi connectivity index (χ3n) is 3.49. The summed E-state index contributed by atoms with van der Waals surface area (Å²) in [5, 5.41) is 3.69. The standard InChI is InChI=1S/C12H15F3N2O2/c1-7-2-4-8(5-3-7)11-16-10(19-17-11)6-9(18)12(13,14)15/h7-8H,2-6H2,1H3. The molecule has 4 nitrogen and oxygen atoms in total. The maximum absolute atomic E-state index is 12.1. The molecule has 1 heterocycles. The van der Waals surface area contributed by atoms with Crippen LogP contribution in [0.25, 0.3) is 0 Å². The molecule has 0 aromatic carbocycles. The molecule has 0 N–H and O–H groups in total. The van der Waals surface area contributed by atoms with Gasteiger partial charge in [-0.1, -0.05) is 24.9 Å². The highest BCUT2D eigenvalue weighted by atomic mass is 19.4. The van der Waals surface area contributed by atoms with Gasteiger partial charge in [-0.05, 0) is 18.8 Å². The minimum absolute atomic E-state index is 0.134. The van der Waals surface area contributed by atoms with E-state index in [9.17, 15) is 18.0 Å². The van der Waals surface area contributed by atoms with E-state index in [-0.39, 0.29) is 11.8 Å². The molecule has 0 unspecified atom stereocenters. The smallest absolute Gasteiger partial charge is 0.339 e. The fourth-order valence-corrected chi connectivity index (χ4v) is 2.26. The monoisotopic (exact) mass is 276 g/mol. The Kier molecular flexibility index (Phi) is 3.91. The zero-order valence-corrected chi connectivity index (χ0v) is 10.5. The molecule has 106 valence electrons. The lowest BCUT2D eigenvalue weighted by Gasteiger charge is -2.23. The van der Waals surface area contributed by atoms with Crippen LogP contribution in [0.4, 0.5) is 13.2 Å². The third kappa shape index (κ3) is 3.54. The molecule has 1 aliphatic rings. The highest BCUT2D eigenvalue weighted by Crippen LogP contribution is 2.34. The fourth-order valence-electron chi connectivity index (χ4n) is 2.26. The highest BCUT2D eigenvalue weighted by Gasteiger charge is 2.39. The van der Waals surface area contributed by atoms with Crippen molar-refractivity contribution >= 4 is 5.78 Å². The normalized spacial score (nSPS) is 24.4. The lowest BCUT2D eigenvalue weighted by molar-refractivity contribution is -0.170. The number of carbonyl (C=O) groups is 1. The van der Waals surface area contributed by atoms with Gasteiger partial charge >= 0.3 is 6.18 Å². The molecule has 0 radical (unpaired) electrons. The lowest BCUT2D eigenvalue weighted by Crippen LogP contribution is -2.24. The van der Waals surface area contributed by atoms with E-state index in [1.807, 2.05) is 0 Å². The summed E-state index contributed by atoms with van der Waals surface area (Å²) in [4.78, 5) is 14.7. The second-order valence-electron chi connectivity index (χ2n) is 5.10. The predicted octanol–water partition coefficient (Wildman–Crippen LogP) is 3.04. The molecule has 0 bridgehead atoms.